The van der Waals surface area contributed by atoms with Crippen molar-refractivity contribution in [2.45, 2.75) is 44.4 Å². The average Bonchev–Trinajstić information content (AvgIpc) is 3.14. The van der Waals surface area contributed by atoms with Crippen molar-refractivity contribution < 1.29 is 18.3 Å². The number of benzene rings is 1. The molecule has 0 radical (unpaired) electrons. The predicted octanol–water partition coefficient (Wildman–Crippen LogP) is 3.20. The van der Waals surface area contributed by atoms with Gasteiger partial charge in [0.1, 0.15) is 0 Å². The summed E-state index contributed by atoms with van der Waals surface area (Å²) in [5, 5.41) is 8.95. The van der Waals surface area contributed by atoms with Crippen LogP contribution in [0.5, 0.6) is 0 Å². The van der Waals surface area contributed by atoms with Gasteiger partial charge in [0, 0.05) is 5.69 Å². The summed E-state index contributed by atoms with van der Waals surface area (Å²) in [5.74, 6) is -0.253. The van der Waals surface area contributed by atoms with Gasteiger partial charge in [0.25, 0.3) is 0 Å². The van der Waals surface area contributed by atoms with Crippen LogP contribution in [0.4, 0.5) is 5.69 Å². The molecule has 23 heavy (non-hydrogen) atoms. The van der Waals surface area contributed by atoms with E-state index in [0.29, 0.717) is 18.0 Å². The number of anilines is 1. The molecule has 0 unspecified atom stereocenters. The lowest BCUT2D eigenvalue weighted by Crippen LogP contribution is -2.18. The highest BCUT2D eigenvalue weighted by Crippen LogP contribution is 2.47. The molecule has 0 heterocycles. The minimum Gasteiger partial charge on any atom is -0.481 e. The largest absolute Gasteiger partial charge is 0.481 e. The van der Waals surface area contributed by atoms with E-state index in [1.54, 1.807) is 12.1 Å². The van der Waals surface area contributed by atoms with E-state index in [1.165, 1.54) is 12.8 Å². The predicted molar refractivity (Wildman–Crippen MR) is 88.9 cm³/mol. The zero-order valence-electron chi connectivity index (χ0n) is 13.1. The van der Waals surface area contributed by atoms with E-state index in [4.69, 9.17) is 5.11 Å². The standard InChI is InChI=1S/C17H23NO4S/c19-17(20)16-11-15(16)13-5-7-14(8-6-13)18-23(21,22)10-9-12-3-1-2-4-12/h5-8,12,15-16,18H,1-4,9-11H2,(H,19,20)/t15-,16+/m0/s1. The van der Waals surface area contributed by atoms with Gasteiger partial charge in [-0.25, -0.2) is 8.42 Å². The molecule has 2 saturated carbocycles. The molecule has 2 atom stereocenters. The number of rotatable bonds is 7. The highest BCUT2D eigenvalue weighted by Gasteiger charge is 2.44. The van der Waals surface area contributed by atoms with Crippen LogP contribution >= 0.6 is 0 Å². The zero-order valence-corrected chi connectivity index (χ0v) is 13.9. The van der Waals surface area contributed by atoms with E-state index < -0.39 is 16.0 Å². The summed E-state index contributed by atoms with van der Waals surface area (Å²) in [4.78, 5) is 10.9. The minimum atomic E-state index is -3.31. The molecule has 2 N–H and O–H groups in total. The smallest absolute Gasteiger partial charge is 0.307 e. The Balaban J connectivity index is 1.54. The first kappa shape index (κ1) is 16.3. The number of carboxylic acid groups (broad SMARTS) is 1. The molecule has 2 aliphatic carbocycles. The molecule has 1 aromatic carbocycles. The topological polar surface area (TPSA) is 83.5 Å². The first-order valence-corrected chi connectivity index (χ1v) is 9.93. The second-order valence-corrected chi connectivity index (χ2v) is 8.61. The van der Waals surface area contributed by atoms with Gasteiger partial charge in [-0.2, -0.15) is 0 Å². The van der Waals surface area contributed by atoms with E-state index in [-0.39, 0.29) is 17.6 Å². The number of hydrogen-bond donors (Lipinski definition) is 2. The third-order valence-electron chi connectivity index (χ3n) is 4.99. The van der Waals surface area contributed by atoms with Crippen molar-refractivity contribution in [2.75, 3.05) is 10.5 Å². The van der Waals surface area contributed by atoms with Crippen LogP contribution in [0.3, 0.4) is 0 Å². The van der Waals surface area contributed by atoms with Crippen molar-refractivity contribution in [3.63, 3.8) is 0 Å². The number of sulfonamides is 1. The monoisotopic (exact) mass is 337 g/mol. The lowest BCUT2D eigenvalue weighted by molar-refractivity contribution is -0.138. The van der Waals surface area contributed by atoms with Gasteiger partial charge in [0.15, 0.2) is 0 Å². The zero-order chi connectivity index (χ0) is 16.4. The lowest BCUT2D eigenvalue weighted by Gasteiger charge is -2.11. The molecule has 0 spiro atoms. The van der Waals surface area contributed by atoms with Gasteiger partial charge >= 0.3 is 5.97 Å². The molecular weight excluding hydrogens is 314 g/mol. The molecule has 6 heteroatoms. The van der Waals surface area contributed by atoms with Gasteiger partial charge in [-0.3, -0.25) is 9.52 Å². The second-order valence-electron chi connectivity index (χ2n) is 6.77. The van der Waals surface area contributed by atoms with E-state index >= 15 is 0 Å². The van der Waals surface area contributed by atoms with Crippen LogP contribution in [0.2, 0.25) is 0 Å². The summed E-state index contributed by atoms with van der Waals surface area (Å²) >= 11 is 0. The van der Waals surface area contributed by atoms with Gasteiger partial charge < -0.3 is 5.11 Å². The molecule has 5 nitrogen and oxygen atoms in total. The quantitative estimate of drug-likeness (QED) is 0.800. The Morgan fingerprint density at radius 3 is 2.39 bits per heavy atom. The maximum atomic E-state index is 12.1. The maximum absolute atomic E-state index is 12.1. The first-order valence-electron chi connectivity index (χ1n) is 8.28. The molecule has 0 aromatic heterocycles. The minimum absolute atomic E-state index is 0.0699. The van der Waals surface area contributed by atoms with E-state index in [0.717, 1.165) is 24.8 Å². The fraction of sp³-hybridized carbons (Fsp3) is 0.588. The molecule has 2 aliphatic rings. The summed E-state index contributed by atoms with van der Waals surface area (Å²) in [6.45, 7) is 0. The van der Waals surface area contributed by atoms with Crippen LogP contribution in [-0.4, -0.2) is 25.2 Å². The Morgan fingerprint density at radius 2 is 1.83 bits per heavy atom. The Hall–Kier alpha value is -1.56. The first-order chi connectivity index (χ1) is 10.9. The molecule has 126 valence electrons. The van der Waals surface area contributed by atoms with Crippen LogP contribution in [0, 0.1) is 11.8 Å². The molecule has 0 saturated heterocycles. The van der Waals surface area contributed by atoms with E-state index in [9.17, 15) is 13.2 Å². The van der Waals surface area contributed by atoms with Crippen molar-refractivity contribution in [3.05, 3.63) is 29.8 Å². The van der Waals surface area contributed by atoms with Crippen LogP contribution < -0.4 is 4.72 Å². The number of carbonyl (C=O) groups is 1. The van der Waals surface area contributed by atoms with Crippen molar-refractivity contribution >= 4 is 21.7 Å². The highest BCUT2D eigenvalue weighted by atomic mass is 32.2. The Bertz CT molecular complexity index is 662. The molecular formula is C17H23NO4S. The van der Waals surface area contributed by atoms with Crippen LogP contribution in [0.15, 0.2) is 24.3 Å². The molecule has 0 aliphatic heterocycles. The molecule has 0 amide bonds. The molecule has 0 bridgehead atoms. The Labute approximate surface area is 137 Å². The van der Waals surface area contributed by atoms with Crippen LogP contribution in [-0.2, 0) is 14.8 Å². The van der Waals surface area contributed by atoms with Gasteiger partial charge in [0.2, 0.25) is 10.0 Å². The average molecular weight is 337 g/mol. The summed E-state index contributed by atoms with van der Waals surface area (Å²) < 4.78 is 26.9. The SMILES string of the molecule is O=C(O)[C@@H]1C[C@H]1c1ccc(NS(=O)(=O)CCC2CCCC2)cc1. The molecule has 1 aromatic rings. The second kappa shape index (κ2) is 6.51. The number of carboxylic acids is 1. The fourth-order valence-corrected chi connectivity index (χ4v) is 4.73. The molecule has 2 fully saturated rings. The summed E-state index contributed by atoms with van der Waals surface area (Å²) in [6.07, 6.45) is 6.14. The van der Waals surface area contributed by atoms with Gasteiger partial charge in [-0.15, -0.1) is 0 Å². The van der Waals surface area contributed by atoms with Crippen LogP contribution in [0.25, 0.3) is 0 Å². The van der Waals surface area contributed by atoms with Gasteiger partial charge in [0.05, 0.1) is 11.7 Å². The van der Waals surface area contributed by atoms with Crippen molar-refractivity contribution in [1.29, 1.82) is 0 Å². The van der Waals surface area contributed by atoms with Crippen LogP contribution in [0.1, 0.15) is 50.0 Å². The number of aliphatic carboxylic acids is 1. The lowest BCUT2D eigenvalue weighted by atomic mass is 10.1. The Kier molecular flexibility index (Phi) is 4.62. The van der Waals surface area contributed by atoms with Gasteiger partial charge in [-0.1, -0.05) is 37.8 Å². The van der Waals surface area contributed by atoms with Crippen molar-refractivity contribution in [3.8, 4) is 0 Å². The number of nitrogens with one attached hydrogen (secondary N) is 1. The Morgan fingerprint density at radius 1 is 1.17 bits per heavy atom. The third-order valence-corrected chi connectivity index (χ3v) is 6.31. The summed E-state index contributed by atoms with van der Waals surface area (Å²) in [5.41, 5.74) is 1.51. The summed E-state index contributed by atoms with van der Waals surface area (Å²) in [7, 11) is -3.31. The normalized spacial score (nSPS) is 24.5. The fourth-order valence-electron chi connectivity index (χ4n) is 3.49. The maximum Gasteiger partial charge on any atom is 0.307 e. The summed E-state index contributed by atoms with van der Waals surface area (Å²) in [6, 6.07) is 7.09. The van der Waals surface area contributed by atoms with Crippen molar-refractivity contribution in [2.24, 2.45) is 11.8 Å². The van der Waals surface area contributed by atoms with Gasteiger partial charge in [-0.05, 0) is 42.4 Å². The van der Waals surface area contributed by atoms with E-state index in [2.05, 4.69) is 4.72 Å². The van der Waals surface area contributed by atoms with Crippen molar-refractivity contribution in [1.82, 2.24) is 0 Å². The molecule has 3 rings (SSSR count). The number of hydrogen-bond acceptors (Lipinski definition) is 3. The van der Waals surface area contributed by atoms with E-state index in [1.807, 2.05) is 12.1 Å². The third kappa shape index (κ3) is 4.25. The highest BCUT2D eigenvalue weighted by molar-refractivity contribution is 7.92.